The largest absolute Gasteiger partial charge is 0.497 e. The fraction of sp³-hybridized carbons (Fsp3) is 0.179. The van der Waals surface area contributed by atoms with E-state index in [9.17, 15) is 4.79 Å². The monoisotopic (exact) mass is 518 g/mol. The van der Waals surface area contributed by atoms with E-state index in [4.69, 9.17) is 9.15 Å². The van der Waals surface area contributed by atoms with Crippen molar-refractivity contribution in [3.8, 4) is 5.75 Å². The highest BCUT2D eigenvalue weighted by molar-refractivity contribution is 9.10. The van der Waals surface area contributed by atoms with E-state index in [1.807, 2.05) is 48.5 Å². The Bertz CT molecular complexity index is 1370. The molecule has 3 aromatic carbocycles. The van der Waals surface area contributed by atoms with Crippen molar-refractivity contribution in [3.05, 3.63) is 100 Å². The molecule has 6 rings (SSSR count). The zero-order valence-corrected chi connectivity index (χ0v) is 20.8. The summed E-state index contributed by atoms with van der Waals surface area (Å²) >= 11 is 3.33. The molecule has 0 bridgehead atoms. The summed E-state index contributed by atoms with van der Waals surface area (Å²) in [6.07, 6.45) is 1.88. The van der Waals surface area contributed by atoms with Gasteiger partial charge in [0.2, 0.25) is 0 Å². The maximum atomic E-state index is 10.4. The number of carbonyl (C=O) groups is 1. The van der Waals surface area contributed by atoms with Crippen LogP contribution >= 0.6 is 15.9 Å². The summed E-state index contributed by atoms with van der Waals surface area (Å²) in [5.74, 6) is 1.27. The van der Waals surface area contributed by atoms with Crippen LogP contribution in [0.1, 0.15) is 21.8 Å². The Kier molecular flexibility index (Phi) is 7.83. The van der Waals surface area contributed by atoms with Gasteiger partial charge in [0.15, 0.2) is 12.0 Å². The van der Waals surface area contributed by atoms with Crippen LogP contribution in [0.3, 0.4) is 0 Å². The van der Waals surface area contributed by atoms with Gasteiger partial charge in [-0.1, -0.05) is 52.3 Å². The van der Waals surface area contributed by atoms with E-state index >= 15 is 0 Å². The van der Waals surface area contributed by atoms with Crippen LogP contribution in [0.25, 0.3) is 21.9 Å². The van der Waals surface area contributed by atoms with Gasteiger partial charge < -0.3 is 19.0 Å². The van der Waals surface area contributed by atoms with Crippen molar-refractivity contribution >= 4 is 44.1 Å². The Balaban J connectivity index is 0.000000126. The van der Waals surface area contributed by atoms with E-state index < -0.39 is 0 Å². The summed E-state index contributed by atoms with van der Waals surface area (Å²) in [6.45, 7) is 2.23. The number of methoxy groups -OCH3 is 1. The number of hydrogen-bond acceptors (Lipinski definition) is 4. The first kappa shape index (κ1) is 23.8. The smallest absolute Gasteiger partial charge is 0.185 e. The van der Waals surface area contributed by atoms with Crippen LogP contribution in [-0.4, -0.2) is 36.9 Å². The molecule has 2 aromatic heterocycles. The first-order valence-electron chi connectivity index (χ1n) is 11.1. The minimum Gasteiger partial charge on any atom is -0.497 e. The molecule has 0 aliphatic carbocycles. The fourth-order valence-electron chi connectivity index (χ4n) is 3.98. The Hall–Kier alpha value is -3.35. The average Bonchev–Trinajstić information content (AvgIpc) is 3.45. The summed E-state index contributed by atoms with van der Waals surface area (Å²) in [6, 6.07) is 25.6. The molecule has 34 heavy (non-hydrogen) atoms. The minimum absolute atomic E-state index is 0.364. The van der Waals surface area contributed by atoms with Gasteiger partial charge in [-0.05, 0) is 61.5 Å². The van der Waals surface area contributed by atoms with Crippen molar-refractivity contribution < 1.29 is 13.9 Å². The Morgan fingerprint density at radius 2 is 1.79 bits per heavy atom. The number of halogens is 1. The van der Waals surface area contributed by atoms with Crippen LogP contribution in [0.4, 0.5) is 0 Å². The standard InChI is InChI=1S/C12H14N2.C9H5BrO2.C7H8O/c1-14-7-6-10-9-4-2-3-5-11(9)13-12(10)8-14;10-7-1-2-9-6(3-7)4-8(5-11)12-9;1-8-7-5-3-2-4-6-7/h2-5,13H,6-8H2,1H3;1-5H;2-6H,1H3. The first-order chi connectivity index (χ1) is 16.6. The second-order valence-corrected chi connectivity index (χ2v) is 9.00. The molecule has 0 spiro atoms. The quantitative estimate of drug-likeness (QED) is 0.259. The molecule has 0 fully saturated rings. The van der Waals surface area contributed by atoms with Crippen LogP contribution in [0.2, 0.25) is 0 Å². The number of H-pyrrole nitrogens is 1. The molecule has 1 aliphatic rings. The lowest BCUT2D eigenvalue weighted by atomic mass is 10.0. The molecular formula is C28H27BrN2O3. The molecule has 3 heterocycles. The number of likely N-dealkylation sites (N-methyl/N-ethyl adjacent to an activating group) is 1. The van der Waals surface area contributed by atoms with Crippen molar-refractivity contribution in [1.29, 1.82) is 0 Å². The highest BCUT2D eigenvalue weighted by Crippen LogP contribution is 2.26. The van der Waals surface area contributed by atoms with E-state index in [1.54, 1.807) is 13.2 Å². The van der Waals surface area contributed by atoms with Gasteiger partial charge in [-0.25, -0.2) is 0 Å². The zero-order chi connectivity index (χ0) is 23.9. The van der Waals surface area contributed by atoms with Crippen molar-refractivity contribution in [3.63, 3.8) is 0 Å². The van der Waals surface area contributed by atoms with Gasteiger partial charge in [-0.3, -0.25) is 4.79 Å². The van der Waals surface area contributed by atoms with Gasteiger partial charge in [0, 0.05) is 39.5 Å². The van der Waals surface area contributed by atoms with E-state index in [0.29, 0.717) is 12.0 Å². The van der Waals surface area contributed by atoms with Gasteiger partial charge >= 0.3 is 0 Å². The molecule has 5 nitrogen and oxygen atoms in total. The number of aldehydes is 1. The molecule has 0 saturated carbocycles. The summed E-state index contributed by atoms with van der Waals surface area (Å²) in [5.41, 5.74) is 4.95. The van der Waals surface area contributed by atoms with Gasteiger partial charge in [-0.15, -0.1) is 0 Å². The lowest BCUT2D eigenvalue weighted by Crippen LogP contribution is -2.26. The summed E-state index contributed by atoms with van der Waals surface area (Å²) in [4.78, 5) is 16.2. The number of ether oxygens (including phenoxy) is 1. The van der Waals surface area contributed by atoms with E-state index in [0.717, 1.165) is 27.7 Å². The molecule has 0 radical (unpaired) electrons. The van der Waals surface area contributed by atoms with Crippen molar-refractivity contribution in [2.24, 2.45) is 0 Å². The topological polar surface area (TPSA) is 58.5 Å². The number of carbonyl (C=O) groups excluding carboxylic acids is 1. The van der Waals surface area contributed by atoms with Crippen molar-refractivity contribution in [2.45, 2.75) is 13.0 Å². The third kappa shape index (κ3) is 5.76. The summed E-state index contributed by atoms with van der Waals surface area (Å²) < 4.78 is 11.1. The molecule has 0 atom stereocenters. The van der Waals surface area contributed by atoms with Gasteiger partial charge in [-0.2, -0.15) is 0 Å². The number of aromatic amines is 1. The van der Waals surface area contributed by atoms with Crippen LogP contribution in [0.15, 0.2) is 87.8 Å². The molecule has 5 aromatic rings. The van der Waals surface area contributed by atoms with E-state index in [-0.39, 0.29) is 0 Å². The maximum absolute atomic E-state index is 10.4. The number of rotatable bonds is 2. The fourth-order valence-corrected chi connectivity index (χ4v) is 4.36. The van der Waals surface area contributed by atoms with Crippen LogP contribution < -0.4 is 4.74 Å². The number of fused-ring (bicyclic) bond motifs is 4. The molecule has 0 saturated heterocycles. The number of para-hydroxylation sites is 2. The highest BCUT2D eigenvalue weighted by Gasteiger charge is 2.17. The van der Waals surface area contributed by atoms with Gasteiger partial charge in [0.25, 0.3) is 0 Å². The normalized spacial score (nSPS) is 12.8. The summed E-state index contributed by atoms with van der Waals surface area (Å²) in [5, 5.41) is 2.35. The Labute approximate surface area is 207 Å². The number of aromatic nitrogens is 1. The molecule has 6 heteroatoms. The SMILES string of the molecule is CN1CCc2c([nH]c3ccccc23)C1.COc1ccccc1.O=Cc1cc2cc(Br)ccc2o1. The van der Waals surface area contributed by atoms with E-state index in [2.05, 4.69) is 57.1 Å². The third-order valence-corrected chi connectivity index (χ3v) is 6.16. The first-order valence-corrected chi connectivity index (χ1v) is 11.9. The number of nitrogens with zero attached hydrogens (tertiary/aromatic N) is 1. The summed E-state index contributed by atoms with van der Waals surface area (Å²) in [7, 11) is 3.84. The average molecular weight is 519 g/mol. The number of benzene rings is 3. The van der Waals surface area contributed by atoms with Crippen LogP contribution in [0.5, 0.6) is 5.75 Å². The Morgan fingerprint density at radius 1 is 1.03 bits per heavy atom. The maximum Gasteiger partial charge on any atom is 0.185 e. The predicted octanol–water partition coefficient (Wildman–Crippen LogP) is 6.86. The molecule has 1 N–H and O–H groups in total. The lowest BCUT2D eigenvalue weighted by molar-refractivity contribution is 0.110. The second-order valence-electron chi connectivity index (χ2n) is 8.08. The minimum atomic E-state index is 0.364. The molecule has 174 valence electrons. The van der Waals surface area contributed by atoms with Crippen LogP contribution in [-0.2, 0) is 13.0 Å². The number of hydrogen-bond donors (Lipinski definition) is 1. The molecule has 1 aliphatic heterocycles. The Morgan fingerprint density at radius 3 is 2.53 bits per heavy atom. The molecular weight excluding hydrogens is 492 g/mol. The number of furan rings is 1. The third-order valence-electron chi connectivity index (χ3n) is 5.67. The van der Waals surface area contributed by atoms with Crippen molar-refractivity contribution in [2.75, 3.05) is 20.7 Å². The molecule has 0 unspecified atom stereocenters. The highest BCUT2D eigenvalue weighted by atomic mass is 79.9. The van der Waals surface area contributed by atoms with Gasteiger partial charge in [0.05, 0.1) is 7.11 Å². The predicted molar refractivity (Wildman–Crippen MR) is 141 cm³/mol. The molecule has 0 amide bonds. The number of nitrogens with one attached hydrogen (secondary N) is 1. The van der Waals surface area contributed by atoms with Gasteiger partial charge in [0.1, 0.15) is 11.3 Å². The zero-order valence-electron chi connectivity index (χ0n) is 19.3. The van der Waals surface area contributed by atoms with Crippen molar-refractivity contribution in [1.82, 2.24) is 9.88 Å². The van der Waals surface area contributed by atoms with E-state index in [1.165, 1.54) is 35.1 Å². The van der Waals surface area contributed by atoms with Crippen LogP contribution in [0, 0.1) is 0 Å². The second kappa shape index (κ2) is 11.2. The lowest BCUT2D eigenvalue weighted by Gasteiger charge is -2.22.